The SMILES string of the molecule is Cc1ccc(-c2ccc3nc(-c4cccnc4)nc(Nc4ccc(Cl)c(Cl)c4)c3c2)cn1. The van der Waals surface area contributed by atoms with Gasteiger partial charge in [-0.25, -0.2) is 9.97 Å². The van der Waals surface area contributed by atoms with Crippen LogP contribution < -0.4 is 5.32 Å². The van der Waals surface area contributed by atoms with Crippen LogP contribution >= 0.6 is 23.2 Å². The van der Waals surface area contributed by atoms with Gasteiger partial charge in [-0.2, -0.15) is 0 Å². The number of pyridine rings is 2. The van der Waals surface area contributed by atoms with Crippen molar-refractivity contribution in [2.45, 2.75) is 6.92 Å². The summed E-state index contributed by atoms with van der Waals surface area (Å²) in [6.45, 7) is 1.97. The Kier molecular flexibility index (Phi) is 5.43. The van der Waals surface area contributed by atoms with Crippen LogP contribution in [0.3, 0.4) is 0 Å². The number of rotatable bonds is 4. The van der Waals surface area contributed by atoms with Gasteiger partial charge in [0.05, 0.1) is 15.6 Å². The molecule has 0 aliphatic heterocycles. The number of halogens is 2. The summed E-state index contributed by atoms with van der Waals surface area (Å²) < 4.78 is 0. The molecule has 0 radical (unpaired) electrons. The average Bonchev–Trinajstić information content (AvgIpc) is 2.82. The highest BCUT2D eigenvalue weighted by atomic mass is 35.5. The molecule has 0 amide bonds. The van der Waals surface area contributed by atoms with E-state index in [2.05, 4.69) is 27.4 Å². The van der Waals surface area contributed by atoms with Gasteiger partial charge in [0.2, 0.25) is 0 Å². The first-order valence-corrected chi connectivity index (χ1v) is 10.7. The van der Waals surface area contributed by atoms with Crippen LogP contribution in [-0.4, -0.2) is 19.9 Å². The third-order valence-corrected chi connectivity index (χ3v) is 5.78. The highest BCUT2D eigenvalue weighted by molar-refractivity contribution is 6.42. The molecule has 32 heavy (non-hydrogen) atoms. The van der Waals surface area contributed by atoms with E-state index < -0.39 is 0 Å². The number of anilines is 2. The number of fused-ring (bicyclic) bond motifs is 1. The molecule has 7 heteroatoms. The molecule has 156 valence electrons. The maximum Gasteiger partial charge on any atom is 0.163 e. The molecule has 0 saturated carbocycles. The lowest BCUT2D eigenvalue weighted by Crippen LogP contribution is -2.00. The molecular formula is C25H17Cl2N5. The van der Waals surface area contributed by atoms with Crippen molar-refractivity contribution in [3.8, 4) is 22.5 Å². The molecular weight excluding hydrogens is 441 g/mol. The van der Waals surface area contributed by atoms with E-state index in [0.29, 0.717) is 21.7 Å². The quantitative estimate of drug-likeness (QED) is 0.311. The van der Waals surface area contributed by atoms with E-state index >= 15 is 0 Å². The van der Waals surface area contributed by atoms with E-state index in [1.165, 1.54) is 0 Å². The molecule has 1 N–H and O–H groups in total. The standard InChI is InChI=1S/C25H17Cl2N5/c1-15-4-5-17(14-29-15)16-6-9-23-20(11-16)25(30-19-7-8-21(26)22(27)12-19)32-24(31-23)18-3-2-10-28-13-18/h2-14H,1H3,(H,30,31,32). The summed E-state index contributed by atoms with van der Waals surface area (Å²) in [4.78, 5) is 18.2. The number of nitrogens with zero attached hydrogens (tertiary/aromatic N) is 4. The van der Waals surface area contributed by atoms with Crippen LogP contribution in [0.1, 0.15) is 5.69 Å². The van der Waals surface area contributed by atoms with Crippen molar-refractivity contribution >= 4 is 45.6 Å². The summed E-state index contributed by atoms with van der Waals surface area (Å²) in [6, 6.07) is 19.3. The van der Waals surface area contributed by atoms with Gasteiger partial charge in [-0.1, -0.05) is 35.3 Å². The first-order chi connectivity index (χ1) is 15.6. The Bertz CT molecular complexity index is 1420. The second kappa shape index (κ2) is 8.54. The molecule has 5 aromatic rings. The van der Waals surface area contributed by atoms with Gasteiger partial charge < -0.3 is 5.32 Å². The minimum Gasteiger partial charge on any atom is -0.340 e. The molecule has 5 rings (SSSR count). The predicted octanol–water partition coefficient (Wildman–Crippen LogP) is 7.11. The molecule has 0 spiro atoms. The zero-order chi connectivity index (χ0) is 22.1. The molecule has 0 aliphatic rings. The van der Waals surface area contributed by atoms with Crippen molar-refractivity contribution < 1.29 is 0 Å². The minimum absolute atomic E-state index is 0.467. The largest absolute Gasteiger partial charge is 0.340 e. The normalized spacial score (nSPS) is 11.0. The fourth-order valence-electron chi connectivity index (χ4n) is 3.38. The van der Waals surface area contributed by atoms with E-state index in [1.54, 1.807) is 24.5 Å². The Hall–Kier alpha value is -3.54. The molecule has 0 bridgehead atoms. The topological polar surface area (TPSA) is 63.6 Å². The number of nitrogens with one attached hydrogen (secondary N) is 1. The van der Waals surface area contributed by atoms with Gasteiger partial charge >= 0.3 is 0 Å². The molecule has 3 heterocycles. The number of hydrogen-bond donors (Lipinski definition) is 1. The van der Waals surface area contributed by atoms with Crippen LogP contribution in [0, 0.1) is 6.92 Å². The Morgan fingerprint density at radius 1 is 0.781 bits per heavy atom. The number of aromatic nitrogens is 4. The highest BCUT2D eigenvalue weighted by Crippen LogP contribution is 2.32. The van der Waals surface area contributed by atoms with Gasteiger partial charge in [0, 0.05) is 46.5 Å². The van der Waals surface area contributed by atoms with Gasteiger partial charge in [-0.15, -0.1) is 0 Å². The van der Waals surface area contributed by atoms with Crippen LogP contribution in [0.4, 0.5) is 11.5 Å². The molecule has 0 aliphatic carbocycles. The van der Waals surface area contributed by atoms with Gasteiger partial charge in [0.1, 0.15) is 5.82 Å². The van der Waals surface area contributed by atoms with Crippen LogP contribution in [0.5, 0.6) is 0 Å². The van der Waals surface area contributed by atoms with E-state index in [4.69, 9.17) is 33.2 Å². The number of hydrogen-bond acceptors (Lipinski definition) is 5. The lowest BCUT2D eigenvalue weighted by molar-refractivity contribution is 1.20. The summed E-state index contributed by atoms with van der Waals surface area (Å²) in [5.41, 5.74) is 5.44. The molecule has 0 fully saturated rings. The summed E-state index contributed by atoms with van der Waals surface area (Å²) in [6.07, 6.45) is 5.34. The molecule has 2 aromatic carbocycles. The van der Waals surface area contributed by atoms with Crippen molar-refractivity contribution in [3.05, 3.63) is 95.0 Å². The summed E-state index contributed by atoms with van der Waals surface area (Å²) in [5, 5.41) is 5.22. The predicted molar refractivity (Wildman–Crippen MR) is 130 cm³/mol. The van der Waals surface area contributed by atoms with Crippen molar-refractivity contribution in [2.24, 2.45) is 0 Å². The van der Waals surface area contributed by atoms with Crippen molar-refractivity contribution in [2.75, 3.05) is 5.32 Å². The van der Waals surface area contributed by atoms with Crippen molar-refractivity contribution in [3.63, 3.8) is 0 Å². The number of aryl methyl sites for hydroxylation is 1. The van der Waals surface area contributed by atoms with Gasteiger partial charge in [0.25, 0.3) is 0 Å². The fraction of sp³-hybridized carbons (Fsp3) is 0.0400. The van der Waals surface area contributed by atoms with Gasteiger partial charge in [-0.05, 0) is 61.0 Å². The zero-order valence-electron chi connectivity index (χ0n) is 17.1. The van der Waals surface area contributed by atoms with E-state index in [0.717, 1.165) is 39.0 Å². The summed E-state index contributed by atoms with van der Waals surface area (Å²) in [7, 11) is 0. The van der Waals surface area contributed by atoms with E-state index in [-0.39, 0.29) is 0 Å². The van der Waals surface area contributed by atoms with Gasteiger partial charge in [0.15, 0.2) is 5.82 Å². The second-order valence-electron chi connectivity index (χ2n) is 7.31. The minimum atomic E-state index is 0.467. The molecule has 5 nitrogen and oxygen atoms in total. The van der Waals surface area contributed by atoms with Crippen molar-refractivity contribution in [1.29, 1.82) is 0 Å². The van der Waals surface area contributed by atoms with Crippen LogP contribution in [0.15, 0.2) is 79.3 Å². The molecule has 0 saturated heterocycles. The van der Waals surface area contributed by atoms with Crippen LogP contribution in [0.2, 0.25) is 10.0 Å². The van der Waals surface area contributed by atoms with E-state index in [9.17, 15) is 0 Å². The lowest BCUT2D eigenvalue weighted by Gasteiger charge is -2.13. The van der Waals surface area contributed by atoms with Crippen LogP contribution in [0.25, 0.3) is 33.4 Å². The monoisotopic (exact) mass is 457 g/mol. The summed E-state index contributed by atoms with van der Waals surface area (Å²) in [5.74, 6) is 1.24. The molecule has 3 aromatic heterocycles. The third-order valence-electron chi connectivity index (χ3n) is 5.04. The second-order valence-corrected chi connectivity index (χ2v) is 8.13. The smallest absolute Gasteiger partial charge is 0.163 e. The third kappa shape index (κ3) is 4.13. The average molecular weight is 458 g/mol. The highest BCUT2D eigenvalue weighted by Gasteiger charge is 2.12. The Balaban J connectivity index is 1.67. The van der Waals surface area contributed by atoms with E-state index in [1.807, 2.05) is 49.5 Å². The van der Waals surface area contributed by atoms with Crippen molar-refractivity contribution in [1.82, 2.24) is 19.9 Å². The zero-order valence-corrected chi connectivity index (χ0v) is 18.6. The fourth-order valence-corrected chi connectivity index (χ4v) is 3.67. The Morgan fingerprint density at radius 2 is 1.66 bits per heavy atom. The maximum atomic E-state index is 6.22. The molecule has 0 unspecified atom stereocenters. The maximum absolute atomic E-state index is 6.22. The molecule has 0 atom stereocenters. The number of benzene rings is 2. The Morgan fingerprint density at radius 3 is 2.41 bits per heavy atom. The summed E-state index contributed by atoms with van der Waals surface area (Å²) >= 11 is 12.3. The Labute approximate surface area is 195 Å². The lowest BCUT2D eigenvalue weighted by atomic mass is 10.0. The first-order valence-electron chi connectivity index (χ1n) is 9.94. The van der Waals surface area contributed by atoms with Crippen LogP contribution in [-0.2, 0) is 0 Å². The first kappa shape index (κ1) is 20.4. The van der Waals surface area contributed by atoms with Gasteiger partial charge in [-0.3, -0.25) is 9.97 Å².